The van der Waals surface area contributed by atoms with Gasteiger partial charge in [-0.25, -0.2) is 9.18 Å². The van der Waals surface area contributed by atoms with Gasteiger partial charge in [0.05, 0.1) is 20.4 Å². The molecule has 1 aliphatic rings. The molecule has 0 unspecified atom stereocenters. The summed E-state index contributed by atoms with van der Waals surface area (Å²) in [6, 6.07) is 14.8. The largest absolute Gasteiger partial charge is 0.487 e. The van der Waals surface area contributed by atoms with Crippen LogP contribution >= 0.6 is 31.9 Å². The lowest BCUT2D eigenvalue weighted by Gasteiger charge is -2.12. The minimum atomic E-state index is -0.639. The van der Waals surface area contributed by atoms with E-state index in [2.05, 4.69) is 37.2 Å². The van der Waals surface area contributed by atoms with E-state index in [1.807, 2.05) is 0 Å². The third-order valence-corrected chi connectivity index (χ3v) is 6.26. The number of imide groups is 1. The number of nitro benzene ring substituents is 1. The molecule has 0 atom stereocenters. The van der Waals surface area contributed by atoms with Crippen molar-refractivity contribution < 1.29 is 23.6 Å². The van der Waals surface area contributed by atoms with Crippen LogP contribution in [0.3, 0.4) is 0 Å². The average molecular weight is 605 g/mol. The molecule has 0 bridgehead atoms. The van der Waals surface area contributed by atoms with Gasteiger partial charge in [0.25, 0.3) is 11.6 Å². The van der Waals surface area contributed by atoms with E-state index in [1.54, 1.807) is 30.3 Å². The highest BCUT2D eigenvalue weighted by Crippen LogP contribution is 2.36. The molecule has 3 aromatic carbocycles. The molecule has 0 radical (unpaired) electrons. The Morgan fingerprint density at radius 2 is 1.77 bits per heavy atom. The van der Waals surface area contributed by atoms with Crippen molar-refractivity contribution in [2.75, 3.05) is 0 Å². The number of urea groups is 1. The molecular weight excluding hydrogens is 589 g/mol. The summed E-state index contributed by atoms with van der Waals surface area (Å²) in [5.41, 5.74) is 1.46. The Kier molecular flexibility index (Phi) is 7.27. The molecule has 35 heavy (non-hydrogen) atoms. The highest BCUT2D eigenvalue weighted by molar-refractivity contribution is 9.11. The molecular formula is C24H16Br2FN3O5. The van der Waals surface area contributed by atoms with Crippen LogP contribution in [-0.2, 0) is 17.9 Å². The SMILES string of the molecule is O=C1N/C(=C/c2cc(Br)c(OCc3cccc([N+](=O)[O-])c3)c(Br)c2)C(=O)N1Cc1ccccc1F. The van der Waals surface area contributed by atoms with E-state index in [0.717, 1.165) is 4.90 Å². The predicted octanol–water partition coefficient (Wildman–Crippen LogP) is 5.93. The van der Waals surface area contributed by atoms with Crippen molar-refractivity contribution in [3.05, 3.63) is 108 Å². The number of nitrogens with zero attached hydrogens (tertiary/aromatic N) is 2. The molecule has 1 heterocycles. The predicted molar refractivity (Wildman–Crippen MR) is 133 cm³/mol. The van der Waals surface area contributed by atoms with Crippen molar-refractivity contribution in [1.82, 2.24) is 10.2 Å². The minimum absolute atomic E-state index is 0.0291. The lowest BCUT2D eigenvalue weighted by Crippen LogP contribution is -2.30. The molecule has 1 aliphatic heterocycles. The summed E-state index contributed by atoms with van der Waals surface area (Å²) >= 11 is 6.87. The van der Waals surface area contributed by atoms with Crippen LogP contribution in [0.1, 0.15) is 16.7 Å². The van der Waals surface area contributed by atoms with Gasteiger partial charge in [0.15, 0.2) is 0 Å². The van der Waals surface area contributed by atoms with Crippen molar-refractivity contribution >= 4 is 55.6 Å². The van der Waals surface area contributed by atoms with Crippen molar-refractivity contribution in [2.24, 2.45) is 0 Å². The molecule has 0 saturated carbocycles. The first-order valence-corrected chi connectivity index (χ1v) is 11.7. The Hall–Kier alpha value is -3.57. The second-order valence-electron chi connectivity index (χ2n) is 7.50. The molecule has 11 heteroatoms. The third kappa shape index (κ3) is 5.57. The van der Waals surface area contributed by atoms with E-state index in [1.165, 1.54) is 36.4 Å². The van der Waals surface area contributed by atoms with Gasteiger partial charge in [-0.3, -0.25) is 19.8 Å². The molecule has 0 spiro atoms. The first-order chi connectivity index (χ1) is 16.7. The van der Waals surface area contributed by atoms with E-state index in [4.69, 9.17) is 4.74 Å². The van der Waals surface area contributed by atoms with Gasteiger partial charge in [-0.15, -0.1) is 0 Å². The van der Waals surface area contributed by atoms with Gasteiger partial charge in [0.1, 0.15) is 23.9 Å². The molecule has 1 saturated heterocycles. The fraction of sp³-hybridized carbons (Fsp3) is 0.0833. The van der Waals surface area contributed by atoms with Gasteiger partial charge >= 0.3 is 6.03 Å². The summed E-state index contributed by atoms with van der Waals surface area (Å²) in [4.78, 5) is 36.5. The number of nitrogens with one attached hydrogen (secondary N) is 1. The topological polar surface area (TPSA) is 102 Å². The Bertz CT molecular complexity index is 1360. The zero-order valence-electron chi connectivity index (χ0n) is 17.8. The number of carbonyl (C=O) groups is 2. The number of hydrogen-bond donors (Lipinski definition) is 1. The Labute approximate surface area is 215 Å². The molecule has 0 aromatic heterocycles. The van der Waals surface area contributed by atoms with Gasteiger partial charge in [-0.05, 0) is 67.3 Å². The van der Waals surface area contributed by atoms with E-state index in [9.17, 15) is 24.1 Å². The molecule has 1 N–H and O–H groups in total. The number of carbonyl (C=O) groups excluding carboxylic acids is 2. The molecule has 0 aliphatic carbocycles. The summed E-state index contributed by atoms with van der Waals surface area (Å²) in [7, 11) is 0. The Morgan fingerprint density at radius 1 is 1.06 bits per heavy atom. The maximum absolute atomic E-state index is 14.0. The van der Waals surface area contributed by atoms with E-state index < -0.39 is 22.7 Å². The van der Waals surface area contributed by atoms with Gasteiger partial charge in [0, 0.05) is 17.7 Å². The van der Waals surface area contributed by atoms with E-state index >= 15 is 0 Å². The Balaban J connectivity index is 1.50. The number of benzene rings is 3. The van der Waals surface area contributed by atoms with Crippen LogP contribution in [0.15, 0.2) is 75.3 Å². The number of halogens is 3. The van der Waals surface area contributed by atoms with Gasteiger partial charge in [-0.1, -0.05) is 30.3 Å². The normalized spacial score (nSPS) is 14.4. The van der Waals surface area contributed by atoms with Crippen LogP contribution in [-0.4, -0.2) is 21.8 Å². The lowest BCUT2D eigenvalue weighted by molar-refractivity contribution is -0.384. The summed E-state index contributed by atoms with van der Waals surface area (Å²) in [6.45, 7) is -0.0919. The molecule has 3 amide bonds. The maximum atomic E-state index is 14.0. The Morgan fingerprint density at radius 3 is 2.46 bits per heavy atom. The lowest BCUT2D eigenvalue weighted by atomic mass is 10.1. The number of nitro groups is 1. The summed E-state index contributed by atoms with van der Waals surface area (Å²) in [5, 5.41) is 13.5. The number of hydrogen-bond acceptors (Lipinski definition) is 5. The third-order valence-electron chi connectivity index (χ3n) is 5.08. The average Bonchev–Trinajstić information content (AvgIpc) is 3.07. The second-order valence-corrected chi connectivity index (χ2v) is 9.21. The number of ether oxygens (including phenoxy) is 1. The van der Waals surface area contributed by atoms with Crippen LogP contribution in [0.4, 0.5) is 14.9 Å². The van der Waals surface area contributed by atoms with Crippen molar-refractivity contribution in [3.8, 4) is 5.75 Å². The van der Waals surface area contributed by atoms with E-state index in [0.29, 0.717) is 25.8 Å². The molecule has 178 valence electrons. The van der Waals surface area contributed by atoms with Gasteiger partial charge in [-0.2, -0.15) is 0 Å². The monoisotopic (exact) mass is 603 g/mol. The first-order valence-electron chi connectivity index (χ1n) is 10.2. The van der Waals surface area contributed by atoms with Crippen LogP contribution < -0.4 is 10.1 Å². The van der Waals surface area contributed by atoms with Crippen molar-refractivity contribution in [2.45, 2.75) is 13.2 Å². The second kappa shape index (κ2) is 10.4. The molecule has 8 nitrogen and oxygen atoms in total. The number of non-ortho nitro benzene ring substituents is 1. The van der Waals surface area contributed by atoms with Gasteiger partial charge < -0.3 is 10.1 Å². The van der Waals surface area contributed by atoms with Crippen LogP contribution in [0.25, 0.3) is 6.08 Å². The molecule has 1 fully saturated rings. The zero-order chi connectivity index (χ0) is 25.1. The number of amides is 3. The van der Waals surface area contributed by atoms with Crippen LogP contribution in [0, 0.1) is 15.9 Å². The highest BCUT2D eigenvalue weighted by atomic mass is 79.9. The minimum Gasteiger partial charge on any atom is -0.487 e. The highest BCUT2D eigenvalue weighted by Gasteiger charge is 2.34. The summed E-state index contributed by atoms with van der Waals surface area (Å²) in [6.07, 6.45) is 1.50. The zero-order valence-corrected chi connectivity index (χ0v) is 21.0. The van der Waals surface area contributed by atoms with Crippen molar-refractivity contribution in [1.29, 1.82) is 0 Å². The standard InChI is InChI=1S/C24H16Br2FN3O5/c25-18-9-15(10-19(26)22(18)35-13-14-4-3-6-17(8-14)30(33)34)11-21-23(31)29(24(32)28-21)12-16-5-1-2-7-20(16)27/h1-11H,12-13H2,(H,28,32)/b21-11+. The first kappa shape index (κ1) is 24.6. The summed E-state index contributed by atoms with van der Waals surface area (Å²) in [5.74, 6) is -0.614. The van der Waals surface area contributed by atoms with E-state index in [-0.39, 0.29) is 30.1 Å². The van der Waals surface area contributed by atoms with Crippen molar-refractivity contribution in [3.63, 3.8) is 0 Å². The molecule has 3 aromatic rings. The fourth-order valence-electron chi connectivity index (χ4n) is 3.39. The number of rotatable bonds is 7. The maximum Gasteiger partial charge on any atom is 0.329 e. The molecule has 4 rings (SSSR count). The van der Waals surface area contributed by atoms with Crippen LogP contribution in [0.5, 0.6) is 5.75 Å². The van der Waals surface area contributed by atoms with Crippen LogP contribution in [0.2, 0.25) is 0 Å². The fourth-order valence-corrected chi connectivity index (χ4v) is 4.85. The van der Waals surface area contributed by atoms with Gasteiger partial charge in [0.2, 0.25) is 0 Å². The smallest absolute Gasteiger partial charge is 0.329 e. The summed E-state index contributed by atoms with van der Waals surface area (Å²) < 4.78 is 20.9. The quantitative estimate of drug-likeness (QED) is 0.156.